The predicted molar refractivity (Wildman–Crippen MR) is 51.4 cm³/mol. The van der Waals surface area contributed by atoms with Gasteiger partial charge in [0.2, 0.25) is 0 Å². The predicted octanol–water partition coefficient (Wildman–Crippen LogP) is 1.56. The van der Waals surface area contributed by atoms with Crippen molar-refractivity contribution in [1.82, 2.24) is 9.78 Å². The zero-order chi connectivity index (χ0) is 10.1. The number of fused-ring (bicyclic) bond motifs is 1. The van der Waals surface area contributed by atoms with Gasteiger partial charge in [0, 0.05) is 5.39 Å². The number of benzene rings is 1. The maximum absolute atomic E-state index is 12.9. The molecule has 1 heterocycles. The van der Waals surface area contributed by atoms with Gasteiger partial charge in [-0.1, -0.05) is 0 Å². The molecule has 0 aliphatic carbocycles. The van der Waals surface area contributed by atoms with E-state index in [9.17, 15) is 9.50 Å². The fraction of sp³-hybridized carbons (Fsp3) is 0.300. The van der Waals surface area contributed by atoms with Gasteiger partial charge < -0.3 is 5.11 Å². The molecule has 3 nitrogen and oxygen atoms in total. The minimum Gasteiger partial charge on any atom is -0.391 e. The van der Waals surface area contributed by atoms with E-state index in [4.69, 9.17) is 0 Å². The zero-order valence-electron chi connectivity index (χ0n) is 7.81. The van der Waals surface area contributed by atoms with Gasteiger partial charge in [0.25, 0.3) is 0 Å². The molecule has 0 radical (unpaired) electrons. The summed E-state index contributed by atoms with van der Waals surface area (Å²) >= 11 is 0. The highest BCUT2D eigenvalue weighted by molar-refractivity contribution is 5.78. The highest BCUT2D eigenvalue weighted by Gasteiger charge is 2.05. The normalized spacial score (nSPS) is 13.4. The highest BCUT2D eigenvalue weighted by Crippen LogP contribution is 2.15. The standard InChI is InChI=1S/C10H11FN2O/c1-7(14)6-13-10-4-9(11)3-2-8(10)5-12-13/h2-5,7,14H,6H2,1H3/t7-/m1/s1. The number of hydrogen-bond donors (Lipinski definition) is 1. The number of aromatic nitrogens is 2. The highest BCUT2D eigenvalue weighted by atomic mass is 19.1. The molecule has 2 rings (SSSR count). The molecule has 0 fully saturated rings. The van der Waals surface area contributed by atoms with Crippen LogP contribution in [0.2, 0.25) is 0 Å². The Labute approximate surface area is 80.8 Å². The van der Waals surface area contributed by atoms with Crippen molar-refractivity contribution in [3.05, 3.63) is 30.2 Å². The molecule has 1 N–H and O–H groups in total. The second-order valence-corrected chi connectivity index (χ2v) is 3.38. The summed E-state index contributed by atoms with van der Waals surface area (Å²) in [5, 5.41) is 14.1. The van der Waals surface area contributed by atoms with Crippen LogP contribution < -0.4 is 0 Å². The summed E-state index contributed by atoms with van der Waals surface area (Å²) in [4.78, 5) is 0. The SMILES string of the molecule is C[C@@H](O)Cn1ncc2ccc(F)cc21. The summed E-state index contributed by atoms with van der Waals surface area (Å²) in [6.45, 7) is 2.06. The number of aliphatic hydroxyl groups is 1. The lowest BCUT2D eigenvalue weighted by atomic mass is 10.2. The Morgan fingerprint density at radius 3 is 3.07 bits per heavy atom. The van der Waals surface area contributed by atoms with Gasteiger partial charge in [0.15, 0.2) is 0 Å². The lowest BCUT2D eigenvalue weighted by Crippen LogP contribution is -2.12. The molecule has 4 heteroatoms. The molecular formula is C10H11FN2O. The van der Waals surface area contributed by atoms with Crippen LogP contribution in [-0.2, 0) is 6.54 Å². The van der Waals surface area contributed by atoms with Crippen molar-refractivity contribution in [1.29, 1.82) is 0 Å². The molecule has 0 saturated heterocycles. The van der Waals surface area contributed by atoms with E-state index in [1.165, 1.54) is 12.1 Å². The average Bonchev–Trinajstić information content (AvgIpc) is 2.47. The topological polar surface area (TPSA) is 38.0 Å². The fourth-order valence-corrected chi connectivity index (χ4v) is 1.44. The van der Waals surface area contributed by atoms with Crippen LogP contribution in [0.1, 0.15) is 6.92 Å². The minimum absolute atomic E-state index is 0.287. The number of halogens is 1. The van der Waals surface area contributed by atoms with Crippen molar-refractivity contribution >= 4 is 10.9 Å². The molecule has 2 aromatic rings. The molecule has 0 saturated carbocycles. The van der Waals surface area contributed by atoms with Crippen LogP contribution in [0.4, 0.5) is 4.39 Å². The summed E-state index contributed by atoms with van der Waals surface area (Å²) in [6, 6.07) is 4.50. The Balaban J connectivity index is 2.50. The van der Waals surface area contributed by atoms with Crippen LogP contribution in [0.25, 0.3) is 10.9 Å². The van der Waals surface area contributed by atoms with Crippen LogP contribution in [-0.4, -0.2) is 21.0 Å². The summed E-state index contributed by atoms with van der Waals surface area (Å²) in [5.41, 5.74) is 0.714. The molecule has 74 valence electrons. The van der Waals surface area contributed by atoms with Crippen molar-refractivity contribution in [2.24, 2.45) is 0 Å². The number of aliphatic hydroxyl groups excluding tert-OH is 1. The lowest BCUT2D eigenvalue weighted by molar-refractivity contribution is 0.170. The van der Waals surface area contributed by atoms with E-state index in [0.717, 1.165) is 5.39 Å². The van der Waals surface area contributed by atoms with Gasteiger partial charge in [-0.2, -0.15) is 5.10 Å². The van der Waals surface area contributed by atoms with Crippen LogP contribution in [0.5, 0.6) is 0 Å². The lowest BCUT2D eigenvalue weighted by Gasteiger charge is -2.05. The van der Waals surface area contributed by atoms with Crippen LogP contribution in [0.15, 0.2) is 24.4 Å². The first-order chi connectivity index (χ1) is 6.66. The van der Waals surface area contributed by atoms with E-state index in [2.05, 4.69) is 5.10 Å². The van der Waals surface area contributed by atoms with Gasteiger partial charge in [-0.15, -0.1) is 0 Å². The third-order valence-corrected chi connectivity index (χ3v) is 2.04. The molecule has 0 aliphatic rings. The Morgan fingerprint density at radius 1 is 1.57 bits per heavy atom. The largest absolute Gasteiger partial charge is 0.391 e. The van der Waals surface area contributed by atoms with Gasteiger partial charge in [-0.3, -0.25) is 4.68 Å². The zero-order valence-corrected chi connectivity index (χ0v) is 7.81. The molecule has 1 atom stereocenters. The maximum Gasteiger partial charge on any atom is 0.125 e. The van der Waals surface area contributed by atoms with E-state index in [-0.39, 0.29) is 5.82 Å². The minimum atomic E-state index is -0.485. The first-order valence-corrected chi connectivity index (χ1v) is 4.46. The molecule has 14 heavy (non-hydrogen) atoms. The molecule has 1 aromatic carbocycles. The first kappa shape index (κ1) is 9.15. The number of hydrogen-bond acceptors (Lipinski definition) is 2. The van der Waals surface area contributed by atoms with Crippen molar-refractivity contribution in [3.8, 4) is 0 Å². The van der Waals surface area contributed by atoms with Gasteiger partial charge in [0.1, 0.15) is 5.82 Å². The smallest absolute Gasteiger partial charge is 0.125 e. The molecule has 0 amide bonds. The second kappa shape index (κ2) is 3.38. The Morgan fingerprint density at radius 2 is 2.36 bits per heavy atom. The molecule has 1 aromatic heterocycles. The summed E-state index contributed by atoms with van der Waals surface area (Å²) in [5.74, 6) is -0.287. The maximum atomic E-state index is 12.9. The quantitative estimate of drug-likeness (QED) is 0.787. The van der Waals surface area contributed by atoms with Gasteiger partial charge >= 0.3 is 0 Å². The van der Waals surface area contributed by atoms with Gasteiger partial charge in [-0.25, -0.2) is 4.39 Å². The van der Waals surface area contributed by atoms with Gasteiger partial charge in [-0.05, 0) is 25.1 Å². The van der Waals surface area contributed by atoms with E-state index >= 15 is 0 Å². The van der Waals surface area contributed by atoms with E-state index in [1.807, 2.05) is 0 Å². The average molecular weight is 194 g/mol. The second-order valence-electron chi connectivity index (χ2n) is 3.38. The first-order valence-electron chi connectivity index (χ1n) is 4.46. The van der Waals surface area contributed by atoms with Crippen molar-refractivity contribution < 1.29 is 9.50 Å². The van der Waals surface area contributed by atoms with E-state index < -0.39 is 6.10 Å². The van der Waals surface area contributed by atoms with Crippen molar-refractivity contribution in [2.75, 3.05) is 0 Å². The van der Waals surface area contributed by atoms with Crippen molar-refractivity contribution in [3.63, 3.8) is 0 Å². The van der Waals surface area contributed by atoms with E-state index in [0.29, 0.717) is 12.1 Å². The summed E-state index contributed by atoms with van der Waals surface area (Å²) < 4.78 is 14.5. The molecule has 0 bridgehead atoms. The molecular weight excluding hydrogens is 183 g/mol. The number of rotatable bonds is 2. The van der Waals surface area contributed by atoms with Gasteiger partial charge in [0.05, 0.1) is 24.4 Å². The molecule has 0 spiro atoms. The molecule has 0 unspecified atom stereocenters. The van der Waals surface area contributed by atoms with Crippen molar-refractivity contribution in [2.45, 2.75) is 19.6 Å². The number of nitrogens with zero attached hydrogens (tertiary/aromatic N) is 2. The summed E-state index contributed by atoms with van der Waals surface area (Å²) in [6.07, 6.45) is 1.18. The third-order valence-electron chi connectivity index (χ3n) is 2.04. The molecule has 0 aliphatic heterocycles. The Hall–Kier alpha value is -1.42. The Kier molecular flexibility index (Phi) is 2.21. The Bertz CT molecular complexity index is 450. The van der Waals surface area contributed by atoms with Crippen LogP contribution in [0.3, 0.4) is 0 Å². The van der Waals surface area contributed by atoms with Crippen LogP contribution in [0, 0.1) is 5.82 Å². The summed E-state index contributed by atoms with van der Waals surface area (Å²) in [7, 11) is 0. The van der Waals surface area contributed by atoms with Crippen LogP contribution >= 0.6 is 0 Å². The fourth-order valence-electron chi connectivity index (χ4n) is 1.44. The third kappa shape index (κ3) is 1.61. The van der Waals surface area contributed by atoms with E-state index in [1.54, 1.807) is 23.9 Å². The monoisotopic (exact) mass is 194 g/mol.